The number of nitrogens with zero attached hydrogens (tertiary/aromatic N) is 1. The van der Waals surface area contributed by atoms with Crippen molar-refractivity contribution < 1.29 is 28.8 Å². The summed E-state index contributed by atoms with van der Waals surface area (Å²) in [4.78, 5) is 36.1. The normalized spacial score (nSPS) is 11.0. The number of benzene rings is 1. The molecule has 0 heterocycles. The van der Waals surface area contributed by atoms with Gasteiger partial charge in [-0.3, -0.25) is 4.79 Å². The number of rotatable bonds is 9. The van der Waals surface area contributed by atoms with Crippen molar-refractivity contribution in [2.45, 2.75) is 26.7 Å². The third kappa shape index (κ3) is 12.3. The highest BCUT2D eigenvalue weighted by molar-refractivity contribution is 8.14. The molecular weight excluding hydrogens is 379 g/mol. The number of nitrogens with two attached hydrogens (primary N) is 1. The topological polar surface area (TPSA) is 133 Å². The largest absolute Gasteiger partial charge is 0.496 e. The number of thioether (sulfide) groups is 1. The molecule has 0 unspecified atom stereocenters. The zero-order valence-corrected chi connectivity index (χ0v) is 17.1. The Bertz CT molecular complexity index is 584. The molecule has 0 fully saturated rings. The van der Waals surface area contributed by atoms with Gasteiger partial charge in [0.05, 0.1) is 12.7 Å². The zero-order chi connectivity index (χ0) is 20.2. The number of methoxy groups -OCH3 is 1. The van der Waals surface area contributed by atoms with Crippen LogP contribution in [0.25, 0.3) is 0 Å². The summed E-state index contributed by atoms with van der Waals surface area (Å²) in [5.74, 6) is 1.39. The Kier molecular flexibility index (Phi) is 12.6. The van der Waals surface area contributed by atoms with Gasteiger partial charge in [0.2, 0.25) is 5.12 Å². The van der Waals surface area contributed by atoms with Crippen LogP contribution in [0.5, 0.6) is 5.75 Å². The highest BCUT2D eigenvalue weighted by Gasteiger charge is 2.12. The summed E-state index contributed by atoms with van der Waals surface area (Å²) in [5.41, 5.74) is 6.90. The first-order valence-corrected chi connectivity index (χ1v) is 10.8. The molecule has 0 bridgehead atoms. The average Bonchev–Trinajstić information content (AvgIpc) is 2.56. The van der Waals surface area contributed by atoms with Gasteiger partial charge in [-0.25, -0.2) is 4.57 Å². The Morgan fingerprint density at radius 3 is 2.31 bits per heavy atom. The van der Waals surface area contributed by atoms with Crippen molar-refractivity contribution >= 4 is 30.4 Å². The molecule has 0 saturated heterocycles. The van der Waals surface area contributed by atoms with Crippen LogP contribution >= 0.6 is 19.6 Å². The molecule has 1 aromatic rings. The van der Waals surface area contributed by atoms with Gasteiger partial charge in [-0.15, -0.1) is 0 Å². The van der Waals surface area contributed by atoms with E-state index in [1.54, 1.807) is 25.3 Å². The molecule has 10 heteroatoms. The van der Waals surface area contributed by atoms with Crippen LogP contribution in [0.1, 0.15) is 37.0 Å². The van der Waals surface area contributed by atoms with Crippen molar-refractivity contribution in [3.8, 4) is 5.75 Å². The number of hydrogen-bond donors (Lipinski definition) is 4. The molecule has 5 N–H and O–H groups in total. The van der Waals surface area contributed by atoms with Crippen molar-refractivity contribution in [2.75, 3.05) is 38.2 Å². The Balaban J connectivity index is 0.00000110. The van der Waals surface area contributed by atoms with Crippen LogP contribution < -0.4 is 10.5 Å². The predicted molar refractivity (Wildman–Crippen MR) is 105 cm³/mol. The van der Waals surface area contributed by atoms with Gasteiger partial charge < -0.3 is 30.1 Å². The van der Waals surface area contributed by atoms with Crippen LogP contribution in [-0.2, 0) is 4.57 Å². The SMILES string of the molecule is CCN(CC)CCCCSC(=O)c1ccc(N)cc1OC.O=P(O)(O)O. The fraction of sp³-hybridized carbons (Fsp3) is 0.562. The van der Waals surface area contributed by atoms with Crippen LogP contribution in [0.2, 0.25) is 0 Å². The van der Waals surface area contributed by atoms with Crippen molar-refractivity contribution in [1.29, 1.82) is 0 Å². The number of phosphoric acid groups is 1. The van der Waals surface area contributed by atoms with E-state index in [1.165, 1.54) is 11.8 Å². The molecule has 0 radical (unpaired) electrons. The zero-order valence-electron chi connectivity index (χ0n) is 15.4. The number of carbonyl (C=O) groups is 1. The molecule has 1 rings (SSSR count). The quantitative estimate of drug-likeness (QED) is 0.276. The maximum Gasteiger partial charge on any atom is 0.466 e. The summed E-state index contributed by atoms with van der Waals surface area (Å²) in [6, 6.07) is 5.16. The Hall–Kier alpha value is -1.09. The highest BCUT2D eigenvalue weighted by Crippen LogP contribution is 2.26. The van der Waals surface area contributed by atoms with E-state index in [9.17, 15) is 4.79 Å². The van der Waals surface area contributed by atoms with Crippen LogP contribution in [0, 0.1) is 0 Å². The van der Waals surface area contributed by atoms with Gasteiger partial charge in [-0.2, -0.15) is 0 Å². The van der Waals surface area contributed by atoms with Gasteiger partial charge in [-0.05, 0) is 44.6 Å². The van der Waals surface area contributed by atoms with E-state index < -0.39 is 7.82 Å². The summed E-state index contributed by atoms with van der Waals surface area (Å²) >= 11 is 1.35. The van der Waals surface area contributed by atoms with E-state index >= 15 is 0 Å². The molecule has 0 aliphatic heterocycles. The highest BCUT2D eigenvalue weighted by atomic mass is 32.2. The molecule has 0 aromatic heterocycles. The molecule has 0 aliphatic rings. The van der Waals surface area contributed by atoms with Crippen molar-refractivity contribution in [3.63, 3.8) is 0 Å². The Morgan fingerprint density at radius 2 is 1.81 bits per heavy atom. The van der Waals surface area contributed by atoms with E-state index in [-0.39, 0.29) is 5.12 Å². The first kappa shape index (κ1) is 24.9. The summed E-state index contributed by atoms with van der Waals surface area (Å²) in [6.07, 6.45) is 2.17. The monoisotopic (exact) mass is 408 g/mol. The van der Waals surface area contributed by atoms with E-state index in [1.807, 2.05) is 0 Å². The summed E-state index contributed by atoms with van der Waals surface area (Å²) in [7, 11) is -3.08. The Labute approximate surface area is 159 Å². The fourth-order valence-corrected chi connectivity index (χ4v) is 2.95. The molecule has 8 nitrogen and oxygen atoms in total. The lowest BCUT2D eigenvalue weighted by atomic mass is 10.2. The fourth-order valence-electron chi connectivity index (χ4n) is 2.10. The summed E-state index contributed by atoms with van der Waals surface area (Å²) < 4.78 is 14.1. The van der Waals surface area contributed by atoms with E-state index in [0.717, 1.165) is 38.2 Å². The van der Waals surface area contributed by atoms with Crippen LogP contribution in [0.3, 0.4) is 0 Å². The van der Waals surface area contributed by atoms with Gasteiger partial charge in [0.15, 0.2) is 0 Å². The number of hydrogen-bond acceptors (Lipinski definition) is 6. The molecule has 0 aliphatic carbocycles. The minimum atomic E-state index is -4.64. The molecule has 150 valence electrons. The maximum absolute atomic E-state index is 12.2. The third-order valence-electron chi connectivity index (χ3n) is 3.44. The smallest absolute Gasteiger partial charge is 0.466 e. The number of nitrogen functional groups attached to an aromatic ring is 1. The first-order chi connectivity index (χ1) is 12.1. The predicted octanol–water partition coefficient (Wildman–Crippen LogP) is 2.34. The van der Waals surface area contributed by atoms with Gasteiger partial charge in [0.25, 0.3) is 0 Å². The molecule has 0 saturated carbocycles. The van der Waals surface area contributed by atoms with Crippen molar-refractivity contribution in [3.05, 3.63) is 23.8 Å². The molecule has 26 heavy (non-hydrogen) atoms. The van der Waals surface area contributed by atoms with E-state index in [2.05, 4.69) is 18.7 Å². The lowest BCUT2D eigenvalue weighted by molar-refractivity contribution is 0.108. The second-order valence-corrected chi connectivity index (χ2v) is 7.44. The van der Waals surface area contributed by atoms with Crippen LogP contribution in [-0.4, -0.2) is 57.2 Å². The number of carbonyl (C=O) groups excluding carboxylic acids is 1. The number of anilines is 1. The van der Waals surface area contributed by atoms with Gasteiger partial charge in [-0.1, -0.05) is 25.6 Å². The lowest BCUT2D eigenvalue weighted by Crippen LogP contribution is -2.23. The average molecular weight is 408 g/mol. The first-order valence-electron chi connectivity index (χ1n) is 8.23. The molecule has 0 amide bonds. The minimum Gasteiger partial charge on any atom is -0.496 e. The summed E-state index contributed by atoms with van der Waals surface area (Å²) in [5, 5.41) is 0.0506. The van der Waals surface area contributed by atoms with E-state index in [4.69, 9.17) is 29.7 Å². The number of ether oxygens (including phenoxy) is 1. The number of unbranched alkanes of at least 4 members (excludes halogenated alkanes) is 1. The van der Waals surface area contributed by atoms with Crippen LogP contribution in [0.4, 0.5) is 5.69 Å². The van der Waals surface area contributed by atoms with Gasteiger partial charge >= 0.3 is 7.82 Å². The third-order valence-corrected chi connectivity index (χ3v) is 4.42. The minimum absolute atomic E-state index is 0.0506. The van der Waals surface area contributed by atoms with Gasteiger partial charge in [0.1, 0.15) is 5.75 Å². The van der Waals surface area contributed by atoms with Gasteiger partial charge in [0, 0.05) is 17.5 Å². The van der Waals surface area contributed by atoms with Crippen molar-refractivity contribution in [1.82, 2.24) is 4.90 Å². The Morgan fingerprint density at radius 1 is 1.23 bits per heavy atom. The van der Waals surface area contributed by atoms with E-state index in [0.29, 0.717) is 17.0 Å². The lowest BCUT2D eigenvalue weighted by Gasteiger charge is -2.17. The standard InChI is InChI=1S/C16H26N2O2S.H3O4P/c1-4-18(5-2)10-6-7-11-21-16(19)14-9-8-13(17)12-15(14)20-3;1-5(2,3)4/h8-9,12H,4-7,10-11,17H2,1-3H3;(H3,1,2,3,4). The summed E-state index contributed by atoms with van der Waals surface area (Å²) in [6.45, 7) is 7.63. The van der Waals surface area contributed by atoms with Crippen LogP contribution in [0.15, 0.2) is 18.2 Å². The molecular formula is C16H29N2O6PS. The second kappa shape index (κ2) is 13.1. The second-order valence-electron chi connectivity index (χ2n) is 5.34. The molecule has 0 atom stereocenters. The molecule has 0 spiro atoms. The molecule has 1 aromatic carbocycles. The maximum atomic E-state index is 12.2. The van der Waals surface area contributed by atoms with Crippen molar-refractivity contribution in [2.24, 2.45) is 0 Å².